The highest BCUT2D eigenvalue weighted by Crippen LogP contribution is 2.37. The fourth-order valence-electron chi connectivity index (χ4n) is 3.37. The fourth-order valence-corrected chi connectivity index (χ4v) is 4.78. The number of rotatable bonds is 5. The zero-order valence-electron chi connectivity index (χ0n) is 16.0. The van der Waals surface area contributed by atoms with E-state index in [-0.39, 0.29) is 17.0 Å². The zero-order chi connectivity index (χ0) is 22.0. The molecular weight excluding hydrogens is 445 g/mol. The molecule has 2 aromatic rings. The van der Waals surface area contributed by atoms with Crippen LogP contribution in [0.2, 0.25) is 5.02 Å². The van der Waals surface area contributed by atoms with Gasteiger partial charge in [0.05, 0.1) is 17.2 Å². The van der Waals surface area contributed by atoms with Crippen molar-refractivity contribution < 1.29 is 23.8 Å². The lowest BCUT2D eigenvalue weighted by molar-refractivity contribution is -0.141. The minimum absolute atomic E-state index is 0.0290. The Kier molecular flexibility index (Phi) is 6.24. The molecule has 0 saturated carbocycles. The molecule has 0 aromatic heterocycles. The van der Waals surface area contributed by atoms with E-state index in [4.69, 9.17) is 21.4 Å². The van der Waals surface area contributed by atoms with Crippen molar-refractivity contribution in [3.63, 3.8) is 0 Å². The predicted molar refractivity (Wildman–Crippen MR) is 115 cm³/mol. The number of fused-ring (bicyclic) bond motifs is 1. The van der Waals surface area contributed by atoms with Crippen LogP contribution in [0.5, 0.6) is 0 Å². The average molecular weight is 462 g/mol. The van der Waals surface area contributed by atoms with Crippen LogP contribution < -0.4 is 5.32 Å². The number of carboxylic acid groups (broad SMARTS) is 1. The highest BCUT2D eigenvalue weighted by molar-refractivity contribution is 7.99. The Morgan fingerprint density at radius 3 is 2.81 bits per heavy atom. The molecule has 2 unspecified atom stereocenters. The molecule has 0 bridgehead atoms. The Hall–Kier alpha value is -2.91. The van der Waals surface area contributed by atoms with E-state index in [9.17, 15) is 14.0 Å². The van der Waals surface area contributed by atoms with E-state index in [0.717, 1.165) is 10.5 Å². The number of carbonyl (C=O) groups is 2. The van der Waals surface area contributed by atoms with Crippen molar-refractivity contribution in [3.05, 3.63) is 64.4 Å². The molecule has 1 saturated heterocycles. The molecule has 10 heteroatoms. The number of halogens is 2. The van der Waals surface area contributed by atoms with Gasteiger partial charge in [0.25, 0.3) is 5.91 Å². The molecule has 160 valence electrons. The lowest BCUT2D eigenvalue weighted by Crippen LogP contribution is -2.27. The third-order valence-electron chi connectivity index (χ3n) is 4.84. The molecule has 0 aliphatic carbocycles. The van der Waals surface area contributed by atoms with E-state index in [1.807, 2.05) is 30.3 Å². The largest absolute Gasteiger partial charge is 0.481 e. The number of hydrogen-bond acceptors (Lipinski definition) is 6. The topological polar surface area (TPSA) is 100 Å². The van der Waals surface area contributed by atoms with E-state index >= 15 is 0 Å². The molecule has 4 rings (SSSR count). The predicted octanol–water partition coefficient (Wildman–Crippen LogP) is 3.49. The van der Waals surface area contributed by atoms with Crippen LogP contribution >= 0.6 is 23.4 Å². The summed E-state index contributed by atoms with van der Waals surface area (Å²) in [5, 5.41) is 19.6. The van der Waals surface area contributed by atoms with Crippen LogP contribution in [0.25, 0.3) is 0 Å². The monoisotopic (exact) mass is 461 g/mol. The Balaban J connectivity index is 1.67. The molecule has 1 amide bonds. The molecule has 31 heavy (non-hydrogen) atoms. The van der Waals surface area contributed by atoms with Crippen LogP contribution in [-0.4, -0.2) is 40.6 Å². The number of ether oxygens (including phenoxy) is 1. The number of carboxylic acids is 1. The third kappa shape index (κ3) is 4.88. The van der Waals surface area contributed by atoms with E-state index in [0.29, 0.717) is 23.4 Å². The zero-order valence-corrected chi connectivity index (χ0v) is 17.6. The summed E-state index contributed by atoms with van der Waals surface area (Å²) in [4.78, 5) is 23.5. The van der Waals surface area contributed by atoms with Gasteiger partial charge in [-0.05, 0) is 24.1 Å². The van der Waals surface area contributed by atoms with E-state index in [2.05, 4.69) is 15.5 Å². The van der Waals surface area contributed by atoms with Crippen molar-refractivity contribution in [2.75, 3.05) is 5.75 Å². The van der Waals surface area contributed by atoms with Gasteiger partial charge in [-0.1, -0.05) is 47.0 Å². The van der Waals surface area contributed by atoms with Gasteiger partial charge in [-0.25, -0.2) is 4.39 Å². The molecule has 2 aliphatic heterocycles. The van der Waals surface area contributed by atoms with E-state index in [1.54, 1.807) is 17.8 Å². The molecule has 7 nitrogen and oxygen atoms in total. The summed E-state index contributed by atoms with van der Waals surface area (Å²) in [5.74, 6) is -1.71. The second kappa shape index (κ2) is 9.07. The normalized spacial score (nSPS) is 22.8. The summed E-state index contributed by atoms with van der Waals surface area (Å²) < 4.78 is 19.5. The maximum Gasteiger partial charge on any atom is 0.316 e. The molecule has 2 heterocycles. The highest BCUT2D eigenvalue weighted by atomic mass is 35.5. The van der Waals surface area contributed by atoms with Crippen LogP contribution in [0, 0.1) is 11.7 Å². The van der Waals surface area contributed by atoms with E-state index in [1.165, 1.54) is 6.07 Å². The van der Waals surface area contributed by atoms with E-state index < -0.39 is 30.2 Å². The van der Waals surface area contributed by atoms with Gasteiger partial charge in [0.15, 0.2) is 6.10 Å². The number of nitrogens with one attached hydrogen (secondary N) is 1. The summed E-state index contributed by atoms with van der Waals surface area (Å²) in [5.41, 5.74) is 2.22. The van der Waals surface area contributed by atoms with Crippen molar-refractivity contribution in [1.82, 2.24) is 5.32 Å². The lowest BCUT2D eigenvalue weighted by atomic mass is 9.91. The Bertz CT molecular complexity index is 1090. The van der Waals surface area contributed by atoms with Gasteiger partial charge in [-0.2, -0.15) is 0 Å². The van der Waals surface area contributed by atoms with Crippen molar-refractivity contribution in [3.8, 4) is 0 Å². The van der Waals surface area contributed by atoms with Crippen molar-refractivity contribution in [2.24, 2.45) is 16.1 Å². The first-order valence-electron chi connectivity index (χ1n) is 9.41. The Labute approximate surface area is 186 Å². The first-order valence-corrected chi connectivity index (χ1v) is 10.8. The number of aliphatic carboxylic acids is 1. The van der Waals surface area contributed by atoms with Crippen LogP contribution in [0.4, 0.5) is 4.39 Å². The number of hydrogen-bond donors (Lipinski definition) is 2. The minimum atomic E-state index is -1.17. The summed E-state index contributed by atoms with van der Waals surface area (Å²) >= 11 is 7.50. The average Bonchev–Trinajstić information content (AvgIpc) is 3.07. The van der Waals surface area contributed by atoms with Gasteiger partial charge in [-0.15, -0.1) is 16.9 Å². The van der Waals surface area contributed by atoms with Gasteiger partial charge in [0.2, 0.25) is 0 Å². The van der Waals surface area contributed by atoms with Gasteiger partial charge in [-0.3, -0.25) is 14.9 Å². The van der Waals surface area contributed by atoms with Crippen molar-refractivity contribution >= 4 is 47.0 Å². The van der Waals surface area contributed by atoms with Gasteiger partial charge in [0, 0.05) is 22.1 Å². The van der Waals surface area contributed by atoms with Crippen molar-refractivity contribution in [1.29, 1.82) is 0 Å². The van der Waals surface area contributed by atoms with Gasteiger partial charge in [0.1, 0.15) is 5.82 Å². The summed E-state index contributed by atoms with van der Waals surface area (Å²) in [7, 11) is 0. The molecule has 2 atom stereocenters. The molecule has 1 fully saturated rings. The summed E-state index contributed by atoms with van der Waals surface area (Å²) in [6.45, 7) is 0. The molecule has 2 N–H and O–H groups in total. The molecular formula is C21H17ClFN3O4S. The first-order chi connectivity index (χ1) is 14.9. The first kappa shape index (κ1) is 21.3. The summed E-state index contributed by atoms with van der Waals surface area (Å²) in [6, 6.07) is 12.5. The van der Waals surface area contributed by atoms with Gasteiger partial charge >= 0.3 is 12.0 Å². The molecule has 0 radical (unpaired) electrons. The smallest absolute Gasteiger partial charge is 0.316 e. The Morgan fingerprint density at radius 1 is 1.29 bits per heavy atom. The number of amidine groups is 1. The third-order valence-corrected chi connectivity index (χ3v) is 6.34. The quantitative estimate of drug-likeness (QED) is 0.664. The standard InChI is InChI=1S/C21H17ClFN3O4S/c22-14-8-17-13(7-15(14)23)19(12(10-31-17)6-11-4-2-1-3-5-11)25-26-21-24-20(29)16(30-21)9-18(27)28/h1-5,7-8,12,16H,6,9-10H2,(H,27,28)(H,24,26,29)/b25-19-. The maximum absolute atomic E-state index is 14.2. The second-order valence-electron chi connectivity index (χ2n) is 7.04. The second-order valence-corrected chi connectivity index (χ2v) is 8.51. The summed E-state index contributed by atoms with van der Waals surface area (Å²) in [6.07, 6.45) is -0.987. The number of carbonyl (C=O) groups excluding carboxylic acids is 1. The number of benzene rings is 2. The SMILES string of the molecule is O=C(O)CC1O/C(=N\N=C2/c3cc(F)c(Cl)cc3SCC2Cc2ccccc2)NC1=O. The maximum atomic E-state index is 14.2. The fraction of sp³-hybridized carbons (Fsp3) is 0.238. The number of thioether (sulfide) groups is 1. The molecule has 0 spiro atoms. The molecule has 2 aliphatic rings. The molecule has 2 aromatic carbocycles. The minimum Gasteiger partial charge on any atom is -0.481 e. The number of nitrogens with zero attached hydrogens (tertiary/aromatic N) is 2. The van der Waals surface area contributed by atoms with Crippen LogP contribution in [0.3, 0.4) is 0 Å². The number of amides is 1. The van der Waals surface area contributed by atoms with Crippen LogP contribution in [0.15, 0.2) is 57.6 Å². The van der Waals surface area contributed by atoms with Crippen LogP contribution in [-0.2, 0) is 20.7 Å². The van der Waals surface area contributed by atoms with Gasteiger partial charge < -0.3 is 9.84 Å². The van der Waals surface area contributed by atoms with Crippen LogP contribution in [0.1, 0.15) is 17.5 Å². The van der Waals surface area contributed by atoms with Crippen molar-refractivity contribution in [2.45, 2.75) is 23.8 Å². The lowest BCUT2D eigenvalue weighted by Gasteiger charge is -2.26. The Morgan fingerprint density at radius 2 is 2.06 bits per heavy atom. The highest BCUT2D eigenvalue weighted by Gasteiger charge is 2.33.